The van der Waals surface area contributed by atoms with E-state index in [1.807, 2.05) is 0 Å². The molecule has 3 rings (SSSR count). The van der Waals surface area contributed by atoms with E-state index in [1.165, 1.54) is 12.8 Å². The van der Waals surface area contributed by atoms with Crippen molar-refractivity contribution in [3.8, 4) is 0 Å². The Morgan fingerprint density at radius 1 is 1.33 bits per heavy atom. The lowest BCUT2D eigenvalue weighted by Gasteiger charge is -2.26. The molecule has 0 aromatic rings. The Bertz CT molecular complexity index is 223. The first kappa shape index (κ1) is 6.89. The van der Waals surface area contributed by atoms with E-state index < -0.39 is 0 Å². The molecular formula is C9H13NO2. The summed E-state index contributed by atoms with van der Waals surface area (Å²) in [7, 11) is 0. The second-order valence-electron chi connectivity index (χ2n) is 4.00. The van der Waals surface area contributed by atoms with Crippen molar-refractivity contribution in [1.82, 2.24) is 0 Å². The number of nitrogens with zero attached hydrogens (tertiary/aromatic N) is 1. The van der Waals surface area contributed by atoms with Crippen LogP contribution in [0.5, 0.6) is 0 Å². The van der Waals surface area contributed by atoms with Crippen LogP contribution in [0.4, 0.5) is 0 Å². The highest BCUT2D eigenvalue weighted by Gasteiger charge is 2.39. The van der Waals surface area contributed by atoms with E-state index in [2.05, 4.69) is 5.16 Å². The van der Waals surface area contributed by atoms with Crippen molar-refractivity contribution in [1.29, 1.82) is 0 Å². The third-order valence-electron chi connectivity index (χ3n) is 3.04. The topological polar surface area (TPSA) is 30.8 Å². The Morgan fingerprint density at radius 2 is 2.25 bits per heavy atom. The number of hydrogen-bond donors (Lipinski definition) is 0. The second-order valence-corrected chi connectivity index (χ2v) is 4.00. The molecule has 0 amide bonds. The highest BCUT2D eigenvalue weighted by Crippen LogP contribution is 2.39. The number of oxime groups is 1. The summed E-state index contributed by atoms with van der Waals surface area (Å²) in [5.74, 6) is 1.43. The number of ether oxygens (including phenoxy) is 1. The van der Waals surface area contributed by atoms with Gasteiger partial charge in [-0.3, -0.25) is 0 Å². The van der Waals surface area contributed by atoms with Gasteiger partial charge in [0.1, 0.15) is 6.61 Å². The van der Waals surface area contributed by atoms with E-state index in [1.54, 1.807) is 0 Å². The summed E-state index contributed by atoms with van der Waals surface area (Å²) in [6, 6.07) is 0. The number of fused-ring (bicyclic) bond motifs is 1. The minimum Gasteiger partial charge on any atom is -0.395 e. The van der Waals surface area contributed by atoms with Gasteiger partial charge in [0.15, 0.2) is 0 Å². The molecule has 1 saturated heterocycles. The molecule has 0 aromatic carbocycles. The van der Waals surface area contributed by atoms with E-state index in [0.29, 0.717) is 18.6 Å². The second kappa shape index (κ2) is 2.46. The molecule has 3 nitrogen and oxygen atoms in total. The SMILES string of the molecule is C1O[C@H](C2CC2)C[C@@H]2CON=C12. The summed E-state index contributed by atoms with van der Waals surface area (Å²) in [6.07, 6.45) is 4.38. The van der Waals surface area contributed by atoms with Crippen molar-refractivity contribution in [2.24, 2.45) is 17.0 Å². The van der Waals surface area contributed by atoms with Crippen molar-refractivity contribution in [3.63, 3.8) is 0 Å². The van der Waals surface area contributed by atoms with Crippen LogP contribution in [0.3, 0.4) is 0 Å². The monoisotopic (exact) mass is 167 g/mol. The first-order valence-electron chi connectivity index (χ1n) is 4.74. The molecule has 12 heavy (non-hydrogen) atoms. The normalized spacial score (nSPS) is 40.2. The molecule has 3 aliphatic rings. The lowest BCUT2D eigenvalue weighted by atomic mass is 9.93. The maximum absolute atomic E-state index is 5.70. The van der Waals surface area contributed by atoms with Crippen LogP contribution in [0.25, 0.3) is 0 Å². The maximum Gasteiger partial charge on any atom is 0.125 e. The summed E-state index contributed by atoms with van der Waals surface area (Å²) < 4.78 is 5.70. The Balaban J connectivity index is 1.69. The molecule has 0 radical (unpaired) electrons. The third kappa shape index (κ3) is 1.04. The lowest BCUT2D eigenvalue weighted by Crippen LogP contribution is -2.34. The summed E-state index contributed by atoms with van der Waals surface area (Å²) in [4.78, 5) is 5.05. The molecule has 0 N–H and O–H groups in total. The van der Waals surface area contributed by atoms with Crippen LogP contribution in [-0.2, 0) is 9.57 Å². The minimum absolute atomic E-state index is 0.510. The molecule has 2 aliphatic heterocycles. The van der Waals surface area contributed by atoms with Gasteiger partial charge in [0.2, 0.25) is 0 Å². The van der Waals surface area contributed by atoms with Gasteiger partial charge < -0.3 is 9.57 Å². The molecule has 0 aromatic heterocycles. The van der Waals surface area contributed by atoms with Crippen LogP contribution < -0.4 is 0 Å². The van der Waals surface area contributed by atoms with Crippen LogP contribution in [0, 0.1) is 11.8 Å². The Labute approximate surface area is 71.7 Å². The highest BCUT2D eigenvalue weighted by atomic mass is 16.6. The van der Waals surface area contributed by atoms with E-state index >= 15 is 0 Å². The van der Waals surface area contributed by atoms with Crippen molar-refractivity contribution in [2.75, 3.05) is 13.2 Å². The van der Waals surface area contributed by atoms with Crippen LogP contribution in [-0.4, -0.2) is 25.0 Å². The largest absolute Gasteiger partial charge is 0.395 e. The molecule has 2 fully saturated rings. The van der Waals surface area contributed by atoms with Gasteiger partial charge in [0.25, 0.3) is 0 Å². The van der Waals surface area contributed by atoms with Gasteiger partial charge in [-0.15, -0.1) is 0 Å². The first-order valence-corrected chi connectivity index (χ1v) is 4.74. The van der Waals surface area contributed by atoms with Gasteiger partial charge >= 0.3 is 0 Å². The van der Waals surface area contributed by atoms with E-state index in [-0.39, 0.29) is 0 Å². The Kier molecular flexibility index (Phi) is 1.41. The minimum atomic E-state index is 0.510. The summed E-state index contributed by atoms with van der Waals surface area (Å²) in [6.45, 7) is 1.51. The standard InChI is InChI=1S/C9H13NO2/c1-2-6(1)9-3-7-4-12-10-8(7)5-11-9/h6-7,9H,1-5H2/t7-,9+/m1/s1. The summed E-state index contributed by atoms with van der Waals surface area (Å²) >= 11 is 0. The van der Waals surface area contributed by atoms with E-state index in [0.717, 1.165) is 24.7 Å². The van der Waals surface area contributed by atoms with Crippen molar-refractivity contribution >= 4 is 5.71 Å². The fourth-order valence-electron chi connectivity index (χ4n) is 2.07. The Hall–Kier alpha value is -0.570. The average molecular weight is 167 g/mol. The fraction of sp³-hybridized carbons (Fsp3) is 0.889. The zero-order chi connectivity index (χ0) is 7.97. The third-order valence-corrected chi connectivity index (χ3v) is 3.04. The van der Waals surface area contributed by atoms with Crippen molar-refractivity contribution < 1.29 is 9.57 Å². The molecular weight excluding hydrogens is 154 g/mol. The predicted octanol–water partition coefficient (Wildman–Crippen LogP) is 1.19. The number of rotatable bonds is 1. The lowest BCUT2D eigenvalue weighted by molar-refractivity contribution is 0.0297. The van der Waals surface area contributed by atoms with Crippen molar-refractivity contribution in [2.45, 2.75) is 25.4 Å². The van der Waals surface area contributed by atoms with Gasteiger partial charge in [-0.1, -0.05) is 5.16 Å². The Morgan fingerprint density at radius 3 is 3.08 bits per heavy atom. The van der Waals surface area contributed by atoms with Crippen LogP contribution >= 0.6 is 0 Å². The molecule has 3 heteroatoms. The molecule has 0 bridgehead atoms. The van der Waals surface area contributed by atoms with Gasteiger partial charge in [0, 0.05) is 5.92 Å². The zero-order valence-corrected chi connectivity index (χ0v) is 7.03. The quantitative estimate of drug-likeness (QED) is 0.587. The van der Waals surface area contributed by atoms with Gasteiger partial charge in [-0.25, -0.2) is 0 Å². The van der Waals surface area contributed by atoms with Gasteiger partial charge in [-0.2, -0.15) is 0 Å². The van der Waals surface area contributed by atoms with Crippen LogP contribution in [0.1, 0.15) is 19.3 Å². The van der Waals surface area contributed by atoms with Crippen molar-refractivity contribution in [3.05, 3.63) is 0 Å². The fourth-order valence-corrected chi connectivity index (χ4v) is 2.07. The molecule has 66 valence electrons. The molecule has 2 heterocycles. The van der Waals surface area contributed by atoms with Gasteiger partial charge in [-0.05, 0) is 25.2 Å². The van der Waals surface area contributed by atoms with Crippen LogP contribution in [0.15, 0.2) is 5.16 Å². The first-order chi connectivity index (χ1) is 5.93. The maximum atomic E-state index is 5.70. The molecule has 1 saturated carbocycles. The highest BCUT2D eigenvalue weighted by molar-refractivity contribution is 5.89. The molecule has 2 atom stereocenters. The van der Waals surface area contributed by atoms with Crippen LogP contribution in [0.2, 0.25) is 0 Å². The molecule has 0 unspecified atom stereocenters. The average Bonchev–Trinajstić information content (AvgIpc) is 2.84. The number of hydrogen-bond acceptors (Lipinski definition) is 3. The van der Waals surface area contributed by atoms with Gasteiger partial charge in [0.05, 0.1) is 18.4 Å². The summed E-state index contributed by atoms with van der Waals surface area (Å²) in [5, 5.41) is 3.96. The van der Waals surface area contributed by atoms with E-state index in [4.69, 9.17) is 9.57 Å². The van der Waals surface area contributed by atoms with E-state index in [9.17, 15) is 0 Å². The zero-order valence-electron chi connectivity index (χ0n) is 7.03. The predicted molar refractivity (Wildman–Crippen MR) is 44.0 cm³/mol. The molecule has 1 aliphatic carbocycles. The summed E-state index contributed by atoms with van der Waals surface area (Å²) in [5.41, 5.74) is 1.13. The molecule has 0 spiro atoms. The smallest absolute Gasteiger partial charge is 0.125 e.